The smallest absolute Gasteiger partial charge is 0.350 e. The molecule has 3 aromatic heterocycles. The van der Waals surface area contributed by atoms with Crippen molar-refractivity contribution in [2.24, 2.45) is 0 Å². The molecule has 22 heavy (non-hydrogen) atoms. The van der Waals surface area contributed by atoms with Crippen LogP contribution in [0.3, 0.4) is 0 Å². The third-order valence-electron chi connectivity index (χ3n) is 2.91. The van der Waals surface area contributed by atoms with Gasteiger partial charge in [-0.05, 0) is 24.4 Å². The molecule has 0 aliphatic rings. The number of aromatic nitrogens is 2. The molecule has 0 aromatic carbocycles. The lowest BCUT2D eigenvalue weighted by Crippen LogP contribution is -2.05. The summed E-state index contributed by atoms with van der Waals surface area (Å²) in [6, 6.07) is 5.42. The molecule has 0 bridgehead atoms. The van der Waals surface area contributed by atoms with Gasteiger partial charge in [0.05, 0.1) is 5.69 Å². The Morgan fingerprint density at radius 1 is 1.36 bits per heavy atom. The number of carbonyl (C=O) groups is 1. The summed E-state index contributed by atoms with van der Waals surface area (Å²) in [5.74, 6) is -0.369. The Kier molecular flexibility index (Phi) is 4.52. The van der Waals surface area contributed by atoms with E-state index in [9.17, 15) is 4.79 Å². The normalized spacial score (nSPS) is 10.6. The Hall–Kier alpha value is -1.76. The molecule has 0 saturated carbocycles. The molecule has 0 radical (unpaired) electrons. The zero-order chi connectivity index (χ0) is 15.5. The van der Waals surface area contributed by atoms with E-state index in [0.717, 1.165) is 16.1 Å². The van der Waals surface area contributed by atoms with Gasteiger partial charge in [0.15, 0.2) is 0 Å². The van der Waals surface area contributed by atoms with E-state index in [-0.39, 0.29) is 12.6 Å². The van der Waals surface area contributed by atoms with Crippen LogP contribution in [0.25, 0.3) is 10.6 Å². The molecule has 0 saturated heterocycles. The summed E-state index contributed by atoms with van der Waals surface area (Å²) in [4.78, 5) is 21.1. The first kappa shape index (κ1) is 15.1. The van der Waals surface area contributed by atoms with E-state index in [1.54, 1.807) is 29.7 Å². The summed E-state index contributed by atoms with van der Waals surface area (Å²) in [6.45, 7) is 1.97. The van der Waals surface area contributed by atoms with E-state index in [2.05, 4.69) is 9.97 Å². The minimum Gasteiger partial charge on any atom is -0.457 e. The van der Waals surface area contributed by atoms with Crippen LogP contribution in [-0.2, 0) is 11.3 Å². The number of hydrogen-bond acceptors (Lipinski definition) is 6. The predicted molar refractivity (Wildman–Crippen MR) is 88.5 cm³/mol. The Labute approximate surface area is 140 Å². The van der Waals surface area contributed by atoms with Gasteiger partial charge in [-0.1, -0.05) is 17.7 Å². The molecule has 112 valence electrons. The second-order valence-electron chi connectivity index (χ2n) is 4.51. The third kappa shape index (κ3) is 3.35. The Balaban J connectivity index is 1.71. The van der Waals surface area contributed by atoms with Crippen molar-refractivity contribution >= 4 is 40.2 Å². The molecule has 0 aliphatic heterocycles. The predicted octanol–water partition coefficient (Wildman–Crippen LogP) is 4.59. The first-order chi connectivity index (χ1) is 10.6. The van der Waals surface area contributed by atoms with E-state index in [1.165, 1.54) is 11.3 Å². The molecule has 3 aromatic rings. The molecule has 3 rings (SSSR count). The Bertz CT molecular complexity index is 782. The maximum atomic E-state index is 12.2. The molecule has 0 atom stereocenters. The number of nitrogens with zero attached hydrogens (tertiary/aromatic N) is 2. The highest BCUT2D eigenvalue weighted by Crippen LogP contribution is 2.29. The zero-order valence-corrected chi connectivity index (χ0v) is 14.0. The van der Waals surface area contributed by atoms with Gasteiger partial charge in [0, 0.05) is 22.7 Å². The summed E-state index contributed by atoms with van der Waals surface area (Å²) >= 11 is 8.66. The molecular weight excluding hydrogens is 340 g/mol. The van der Waals surface area contributed by atoms with Crippen molar-refractivity contribution in [3.63, 3.8) is 0 Å². The highest BCUT2D eigenvalue weighted by molar-refractivity contribution is 7.17. The molecule has 0 unspecified atom stereocenters. The number of hydrogen-bond donors (Lipinski definition) is 0. The highest BCUT2D eigenvalue weighted by Gasteiger charge is 2.17. The number of esters is 1. The molecule has 3 heterocycles. The zero-order valence-electron chi connectivity index (χ0n) is 11.6. The van der Waals surface area contributed by atoms with Crippen LogP contribution in [0.1, 0.15) is 20.9 Å². The van der Waals surface area contributed by atoms with Gasteiger partial charge < -0.3 is 4.74 Å². The number of halogens is 1. The van der Waals surface area contributed by atoms with Crippen LogP contribution in [0.5, 0.6) is 0 Å². The molecule has 0 amide bonds. The Morgan fingerprint density at radius 2 is 2.23 bits per heavy atom. The highest BCUT2D eigenvalue weighted by atomic mass is 35.5. The summed E-state index contributed by atoms with van der Waals surface area (Å²) in [5.41, 5.74) is 2.50. The van der Waals surface area contributed by atoms with Gasteiger partial charge in [-0.15, -0.1) is 11.3 Å². The van der Waals surface area contributed by atoms with Crippen molar-refractivity contribution in [1.29, 1.82) is 0 Å². The van der Waals surface area contributed by atoms with Crippen LogP contribution in [0.2, 0.25) is 5.15 Å². The molecule has 0 spiro atoms. The van der Waals surface area contributed by atoms with Gasteiger partial charge in [0.1, 0.15) is 21.6 Å². The van der Waals surface area contributed by atoms with Crippen molar-refractivity contribution < 1.29 is 9.53 Å². The van der Waals surface area contributed by atoms with Crippen LogP contribution < -0.4 is 0 Å². The lowest BCUT2D eigenvalue weighted by atomic mass is 10.3. The summed E-state index contributed by atoms with van der Waals surface area (Å²) in [6.07, 6.45) is 1.59. The molecular formula is C15H11ClN2O2S2. The second kappa shape index (κ2) is 6.56. The molecule has 7 heteroatoms. The number of aryl methyl sites for hydroxylation is 1. The van der Waals surface area contributed by atoms with Crippen molar-refractivity contribution in [2.45, 2.75) is 13.5 Å². The number of thiophene rings is 1. The van der Waals surface area contributed by atoms with Crippen molar-refractivity contribution in [3.05, 3.63) is 56.4 Å². The first-order valence-corrected chi connectivity index (χ1v) is 8.55. The van der Waals surface area contributed by atoms with Crippen LogP contribution in [0, 0.1) is 6.92 Å². The van der Waals surface area contributed by atoms with Crippen LogP contribution in [0.15, 0.2) is 35.2 Å². The fourth-order valence-electron chi connectivity index (χ4n) is 1.80. The van der Waals surface area contributed by atoms with Crippen LogP contribution >= 0.6 is 34.3 Å². The monoisotopic (exact) mass is 350 g/mol. The number of rotatable bonds is 4. The minimum atomic E-state index is -0.369. The third-order valence-corrected chi connectivity index (χ3v) is 5.00. The largest absolute Gasteiger partial charge is 0.457 e. The van der Waals surface area contributed by atoms with Gasteiger partial charge in [-0.3, -0.25) is 0 Å². The first-order valence-electron chi connectivity index (χ1n) is 6.41. The second-order valence-corrected chi connectivity index (χ2v) is 6.68. The Morgan fingerprint density at radius 3 is 2.91 bits per heavy atom. The maximum Gasteiger partial charge on any atom is 0.350 e. The molecule has 0 N–H and O–H groups in total. The summed E-state index contributed by atoms with van der Waals surface area (Å²) in [5, 5.41) is 5.23. The average Bonchev–Trinajstić information content (AvgIpc) is 3.15. The minimum absolute atomic E-state index is 0.161. The molecule has 0 fully saturated rings. The fourth-order valence-corrected chi connectivity index (χ4v) is 3.58. The van der Waals surface area contributed by atoms with Gasteiger partial charge in [0.2, 0.25) is 0 Å². The standard InChI is InChI=1S/C15H11ClN2O2S2/c1-9-13(22-14(18-9)11-4-5-21-8-11)15(19)20-7-10-2-3-12(16)17-6-10/h2-6,8H,7H2,1H3. The lowest BCUT2D eigenvalue weighted by molar-refractivity contribution is 0.0477. The molecule has 0 aliphatic carbocycles. The number of pyridine rings is 1. The topological polar surface area (TPSA) is 52.1 Å². The quantitative estimate of drug-likeness (QED) is 0.510. The van der Waals surface area contributed by atoms with E-state index in [4.69, 9.17) is 16.3 Å². The number of carbonyl (C=O) groups excluding carboxylic acids is 1. The van der Waals surface area contributed by atoms with Crippen molar-refractivity contribution in [1.82, 2.24) is 9.97 Å². The van der Waals surface area contributed by atoms with E-state index < -0.39 is 0 Å². The van der Waals surface area contributed by atoms with E-state index in [1.807, 2.05) is 23.8 Å². The maximum absolute atomic E-state index is 12.2. The van der Waals surface area contributed by atoms with E-state index in [0.29, 0.717) is 15.7 Å². The number of ether oxygens (including phenoxy) is 1. The van der Waals surface area contributed by atoms with Gasteiger partial charge in [-0.25, -0.2) is 14.8 Å². The number of thiazole rings is 1. The lowest BCUT2D eigenvalue weighted by Gasteiger charge is -2.03. The van der Waals surface area contributed by atoms with Gasteiger partial charge in [-0.2, -0.15) is 11.3 Å². The fraction of sp³-hybridized carbons (Fsp3) is 0.133. The van der Waals surface area contributed by atoms with Crippen molar-refractivity contribution in [2.75, 3.05) is 0 Å². The van der Waals surface area contributed by atoms with Gasteiger partial charge in [0.25, 0.3) is 0 Å². The summed E-state index contributed by atoms with van der Waals surface area (Å²) in [7, 11) is 0. The van der Waals surface area contributed by atoms with E-state index >= 15 is 0 Å². The average molecular weight is 351 g/mol. The van der Waals surface area contributed by atoms with Crippen molar-refractivity contribution in [3.8, 4) is 10.6 Å². The van der Waals surface area contributed by atoms with Crippen LogP contribution in [-0.4, -0.2) is 15.9 Å². The SMILES string of the molecule is Cc1nc(-c2ccsc2)sc1C(=O)OCc1ccc(Cl)nc1. The van der Waals surface area contributed by atoms with Gasteiger partial charge >= 0.3 is 5.97 Å². The molecule has 4 nitrogen and oxygen atoms in total. The van der Waals surface area contributed by atoms with Crippen LogP contribution in [0.4, 0.5) is 0 Å². The summed E-state index contributed by atoms with van der Waals surface area (Å²) < 4.78 is 5.32.